The Morgan fingerprint density at radius 2 is 2.20 bits per heavy atom. The zero-order valence-corrected chi connectivity index (χ0v) is 13.6. The van der Waals surface area contributed by atoms with E-state index in [9.17, 15) is 4.79 Å². The molecule has 20 heavy (non-hydrogen) atoms. The van der Waals surface area contributed by atoms with Crippen molar-refractivity contribution < 1.29 is 9.53 Å². The van der Waals surface area contributed by atoms with E-state index in [1.165, 1.54) is 7.11 Å². The molecule has 0 amide bonds. The minimum absolute atomic E-state index is 0.355. The molecule has 4 nitrogen and oxygen atoms in total. The molecular weight excluding hydrogens is 292 g/mol. The van der Waals surface area contributed by atoms with Gasteiger partial charge in [-0.1, -0.05) is 6.07 Å². The van der Waals surface area contributed by atoms with Crippen molar-refractivity contribution in [2.24, 2.45) is 0 Å². The molecule has 110 valence electrons. The minimum atomic E-state index is -0.355. The van der Waals surface area contributed by atoms with Crippen molar-refractivity contribution in [2.75, 3.05) is 31.0 Å². The molecule has 1 aromatic carbocycles. The molecule has 0 radical (unpaired) electrons. The first-order valence-electron chi connectivity index (χ1n) is 6.31. The van der Waals surface area contributed by atoms with Gasteiger partial charge >= 0.3 is 5.97 Å². The molecule has 1 aromatic rings. The average Bonchev–Trinajstić information content (AvgIpc) is 2.45. The number of aryl methyl sites for hydroxylation is 1. The van der Waals surface area contributed by atoms with Gasteiger partial charge in [0.05, 0.1) is 12.7 Å². The van der Waals surface area contributed by atoms with Gasteiger partial charge in [-0.05, 0) is 55.3 Å². The number of anilines is 1. The quantitative estimate of drug-likeness (QED) is 0.478. The van der Waals surface area contributed by atoms with Gasteiger partial charge in [0.2, 0.25) is 0 Å². The summed E-state index contributed by atoms with van der Waals surface area (Å²) in [7, 11) is 1.37. The number of rotatable bonds is 6. The highest BCUT2D eigenvalue weighted by Crippen LogP contribution is 2.17. The van der Waals surface area contributed by atoms with Crippen LogP contribution in [0.5, 0.6) is 0 Å². The van der Waals surface area contributed by atoms with Crippen LogP contribution in [0.25, 0.3) is 0 Å². The van der Waals surface area contributed by atoms with E-state index in [1.807, 2.05) is 24.8 Å². The number of hydrogen-bond acceptors (Lipinski definition) is 4. The molecular formula is C14H20N2O2S2. The number of ether oxygens (including phenoxy) is 1. The van der Waals surface area contributed by atoms with Crippen LogP contribution >= 0.6 is 24.0 Å². The predicted octanol–water partition coefficient (Wildman–Crippen LogP) is 2.82. The van der Waals surface area contributed by atoms with Gasteiger partial charge in [-0.25, -0.2) is 4.79 Å². The zero-order valence-electron chi connectivity index (χ0n) is 12.0. The number of methoxy groups -OCH3 is 1. The molecule has 0 saturated carbocycles. The van der Waals surface area contributed by atoms with Crippen molar-refractivity contribution in [1.82, 2.24) is 5.32 Å². The lowest BCUT2D eigenvalue weighted by molar-refractivity contribution is 0.0601. The number of esters is 1. The third-order valence-electron chi connectivity index (χ3n) is 2.72. The van der Waals surface area contributed by atoms with E-state index in [1.54, 1.807) is 12.1 Å². The predicted molar refractivity (Wildman–Crippen MR) is 89.7 cm³/mol. The van der Waals surface area contributed by atoms with Crippen molar-refractivity contribution in [3.63, 3.8) is 0 Å². The van der Waals surface area contributed by atoms with E-state index >= 15 is 0 Å². The third kappa shape index (κ3) is 5.38. The van der Waals surface area contributed by atoms with E-state index in [0.29, 0.717) is 10.7 Å². The van der Waals surface area contributed by atoms with Gasteiger partial charge < -0.3 is 15.4 Å². The lowest BCUT2D eigenvalue weighted by atomic mass is 10.1. The Hall–Kier alpha value is -1.27. The average molecular weight is 312 g/mol. The van der Waals surface area contributed by atoms with E-state index < -0.39 is 0 Å². The van der Waals surface area contributed by atoms with Crippen molar-refractivity contribution in [1.29, 1.82) is 0 Å². The fraction of sp³-hybridized carbons (Fsp3) is 0.429. The number of thiocarbonyl (C=S) groups is 1. The largest absolute Gasteiger partial charge is 0.465 e. The van der Waals surface area contributed by atoms with Crippen molar-refractivity contribution in [3.8, 4) is 0 Å². The first kappa shape index (κ1) is 16.8. The summed E-state index contributed by atoms with van der Waals surface area (Å²) in [5, 5.41) is 6.82. The molecule has 0 atom stereocenters. The molecule has 0 heterocycles. The number of nitrogens with one attached hydrogen (secondary N) is 2. The van der Waals surface area contributed by atoms with Gasteiger partial charge in [-0.2, -0.15) is 11.8 Å². The lowest BCUT2D eigenvalue weighted by Gasteiger charge is -2.13. The molecule has 0 aliphatic heterocycles. The highest BCUT2D eigenvalue weighted by molar-refractivity contribution is 7.98. The van der Waals surface area contributed by atoms with Crippen molar-refractivity contribution >= 4 is 40.7 Å². The normalized spacial score (nSPS) is 9.95. The van der Waals surface area contributed by atoms with Gasteiger partial charge in [0.1, 0.15) is 0 Å². The van der Waals surface area contributed by atoms with Gasteiger partial charge in [0.15, 0.2) is 5.11 Å². The molecule has 0 unspecified atom stereocenters. The Labute approximate surface area is 129 Å². The molecule has 6 heteroatoms. The molecule has 0 aliphatic carbocycles. The van der Waals surface area contributed by atoms with Crippen LogP contribution in [0.2, 0.25) is 0 Å². The summed E-state index contributed by atoms with van der Waals surface area (Å²) >= 11 is 7.05. The molecule has 2 N–H and O–H groups in total. The maximum atomic E-state index is 11.5. The Balaban J connectivity index is 2.62. The standard InChI is InChI=1S/C14H20N2O2S2/c1-10-5-6-11(13(17)18-2)9-12(10)16-14(19)15-7-4-8-20-3/h5-6,9H,4,7-8H2,1-3H3,(H2,15,16,19). The Morgan fingerprint density at radius 1 is 1.45 bits per heavy atom. The molecule has 0 aromatic heterocycles. The highest BCUT2D eigenvalue weighted by Gasteiger charge is 2.08. The van der Waals surface area contributed by atoms with Crippen LogP contribution in [0.15, 0.2) is 18.2 Å². The first-order valence-corrected chi connectivity index (χ1v) is 8.11. The summed E-state index contributed by atoms with van der Waals surface area (Å²) in [4.78, 5) is 11.5. The molecule has 0 saturated heterocycles. The monoisotopic (exact) mass is 312 g/mol. The number of benzene rings is 1. The number of carbonyl (C=O) groups excluding carboxylic acids is 1. The van der Waals surface area contributed by atoms with E-state index in [2.05, 4.69) is 16.9 Å². The van der Waals surface area contributed by atoms with Gasteiger partial charge in [0, 0.05) is 12.2 Å². The lowest BCUT2D eigenvalue weighted by Crippen LogP contribution is -2.29. The van der Waals surface area contributed by atoms with Crippen LogP contribution in [0.1, 0.15) is 22.3 Å². The maximum Gasteiger partial charge on any atom is 0.337 e. The van der Waals surface area contributed by atoms with E-state index in [4.69, 9.17) is 17.0 Å². The van der Waals surface area contributed by atoms with Crippen LogP contribution in [0.4, 0.5) is 5.69 Å². The topological polar surface area (TPSA) is 50.4 Å². The van der Waals surface area contributed by atoms with Crippen LogP contribution in [0.3, 0.4) is 0 Å². The van der Waals surface area contributed by atoms with Crippen LogP contribution in [-0.2, 0) is 4.74 Å². The molecule has 1 rings (SSSR count). The second-order valence-electron chi connectivity index (χ2n) is 4.25. The highest BCUT2D eigenvalue weighted by atomic mass is 32.2. The Morgan fingerprint density at radius 3 is 2.85 bits per heavy atom. The van der Waals surface area contributed by atoms with E-state index in [0.717, 1.165) is 30.0 Å². The number of thioether (sulfide) groups is 1. The van der Waals surface area contributed by atoms with Crippen molar-refractivity contribution in [2.45, 2.75) is 13.3 Å². The molecule has 0 bridgehead atoms. The molecule has 0 spiro atoms. The molecule has 0 aliphatic rings. The summed E-state index contributed by atoms with van der Waals surface area (Å²) in [6.07, 6.45) is 3.14. The van der Waals surface area contributed by atoms with Gasteiger partial charge in [-0.15, -0.1) is 0 Å². The summed E-state index contributed by atoms with van der Waals surface area (Å²) in [5.74, 6) is 0.749. The first-order chi connectivity index (χ1) is 9.58. The summed E-state index contributed by atoms with van der Waals surface area (Å²) < 4.78 is 4.71. The summed E-state index contributed by atoms with van der Waals surface area (Å²) in [6.45, 7) is 2.79. The SMILES string of the molecule is COC(=O)c1ccc(C)c(NC(=S)NCCCSC)c1. The second-order valence-corrected chi connectivity index (χ2v) is 5.64. The van der Waals surface area contributed by atoms with Crippen LogP contribution in [0, 0.1) is 6.92 Å². The van der Waals surface area contributed by atoms with E-state index in [-0.39, 0.29) is 5.97 Å². The summed E-state index contributed by atoms with van der Waals surface area (Å²) in [6, 6.07) is 5.35. The summed E-state index contributed by atoms with van der Waals surface area (Å²) in [5.41, 5.74) is 2.34. The second kappa shape index (κ2) is 8.81. The maximum absolute atomic E-state index is 11.5. The number of carbonyl (C=O) groups is 1. The zero-order chi connectivity index (χ0) is 15.0. The fourth-order valence-corrected chi connectivity index (χ4v) is 2.23. The van der Waals surface area contributed by atoms with Crippen LogP contribution < -0.4 is 10.6 Å². The Kier molecular flexibility index (Phi) is 7.40. The smallest absolute Gasteiger partial charge is 0.337 e. The van der Waals surface area contributed by atoms with Gasteiger partial charge in [0.25, 0.3) is 0 Å². The van der Waals surface area contributed by atoms with Crippen LogP contribution in [-0.4, -0.2) is 36.7 Å². The third-order valence-corrected chi connectivity index (χ3v) is 3.66. The van der Waals surface area contributed by atoms with Gasteiger partial charge in [-0.3, -0.25) is 0 Å². The number of hydrogen-bond donors (Lipinski definition) is 2. The van der Waals surface area contributed by atoms with Crippen molar-refractivity contribution in [3.05, 3.63) is 29.3 Å². The fourth-order valence-electron chi connectivity index (χ4n) is 1.59. The Bertz CT molecular complexity index is 478. The molecule has 0 fully saturated rings. The minimum Gasteiger partial charge on any atom is -0.465 e.